The minimum atomic E-state index is -4.94. The Kier molecular flexibility index (Phi) is 5.08. The van der Waals surface area contributed by atoms with Crippen molar-refractivity contribution in [2.24, 2.45) is 0 Å². The van der Waals surface area contributed by atoms with Crippen molar-refractivity contribution in [2.75, 3.05) is 4.90 Å². The highest BCUT2D eigenvalue weighted by molar-refractivity contribution is 6.06. The van der Waals surface area contributed by atoms with E-state index in [9.17, 15) is 18.0 Å². The van der Waals surface area contributed by atoms with Gasteiger partial charge in [0.15, 0.2) is 0 Å². The molecule has 0 saturated heterocycles. The molecule has 0 fully saturated rings. The van der Waals surface area contributed by atoms with E-state index >= 15 is 0 Å². The average Bonchev–Trinajstić information content (AvgIpc) is 2.53. The fraction of sp³-hybridized carbons (Fsp3) is 0.278. The standard InChI is InChI=1S/C18H18F3NO/c1-3-8-14(4-2)22(17(23)18(19,20)21)16-12-7-10-13-9-5-6-11-15(13)16/h4-7,9-12,14H,2-3,8H2,1H3/t14-/m0/s1. The zero-order valence-corrected chi connectivity index (χ0v) is 12.8. The molecule has 0 N–H and O–H groups in total. The van der Waals surface area contributed by atoms with Gasteiger partial charge in [-0.15, -0.1) is 6.58 Å². The molecule has 1 atom stereocenters. The highest BCUT2D eigenvalue weighted by Gasteiger charge is 2.45. The number of anilines is 1. The van der Waals surface area contributed by atoms with Gasteiger partial charge in [-0.2, -0.15) is 13.2 Å². The van der Waals surface area contributed by atoms with Crippen molar-refractivity contribution in [3.63, 3.8) is 0 Å². The number of benzene rings is 2. The topological polar surface area (TPSA) is 20.3 Å². The van der Waals surface area contributed by atoms with Crippen LogP contribution in [0.25, 0.3) is 10.8 Å². The Morgan fingerprint density at radius 3 is 2.48 bits per heavy atom. The van der Waals surface area contributed by atoms with Gasteiger partial charge in [0.2, 0.25) is 0 Å². The number of fused-ring (bicyclic) bond motifs is 1. The van der Waals surface area contributed by atoms with E-state index in [1.807, 2.05) is 6.92 Å². The molecular formula is C18H18F3NO. The third kappa shape index (κ3) is 3.55. The molecule has 2 aromatic rings. The average molecular weight is 321 g/mol. The van der Waals surface area contributed by atoms with Crippen LogP contribution in [-0.4, -0.2) is 18.1 Å². The number of rotatable bonds is 5. The quantitative estimate of drug-likeness (QED) is 0.702. The zero-order chi connectivity index (χ0) is 17.0. The minimum absolute atomic E-state index is 0.253. The highest BCUT2D eigenvalue weighted by atomic mass is 19.4. The largest absolute Gasteiger partial charge is 0.471 e. The molecule has 122 valence electrons. The van der Waals surface area contributed by atoms with Crippen LogP contribution in [0.1, 0.15) is 19.8 Å². The van der Waals surface area contributed by atoms with E-state index in [1.165, 1.54) is 12.1 Å². The molecule has 2 aromatic carbocycles. The van der Waals surface area contributed by atoms with Gasteiger partial charge in [0.1, 0.15) is 0 Å². The summed E-state index contributed by atoms with van der Waals surface area (Å²) in [5.74, 6) is -1.87. The van der Waals surface area contributed by atoms with Crippen LogP contribution in [0.4, 0.5) is 18.9 Å². The molecule has 2 rings (SSSR count). The fourth-order valence-corrected chi connectivity index (χ4v) is 2.64. The molecule has 0 radical (unpaired) electrons. The monoisotopic (exact) mass is 321 g/mol. The number of amides is 1. The van der Waals surface area contributed by atoms with Gasteiger partial charge >= 0.3 is 12.1 Å². The Bertz CT molecular complexity index is 703. The van der Waals surface area contributed by atoms with Gasteiger partial charge in [0, 0.05) is 5.39 Å². The summed E-state index contributed by atoms with van der Waals surface area (Å²) in [5.41, 5.74) is 0.253. The SMILES string of the molecule is C=C[C@@H](CCC)N(C(=O)C(F)(F)F)c1cccc2ccccc12. The molecule has 0 heterocycles. The van der Waals surface area contributed by atoms with Crippen molar-refractivity contribution >= 4 is 22.4 Å². The van der Waals surface area contributed by atoms with Gasteiger partial charge in [0.25, 0.3) is 0 Å². The van der Waals surface area contributed by atoms with Gasteiger partial charge in [-0.05, 0) is 17.9 Å². The van der Waals surface area contributed by atoms with Crippen LogP contribution in [-0.2, 0) is 4.79 Å². The second-order valence-electron chi connectivity index (χ2n) is 5.26. The van der Waals surface area contributed by atoms with Gasteiger partial charge < -0.3 is 0 Å². The van der Waals surface area contributed by atoms with E-state index in [-0.39, 0.29) is 5.69 Å². The van der Waals surface area contributed by atoms with Gasteiger partial charge in [0.05, 0.1) is 11.7 Å². The van der Waals surface area contributed by atoms with Gasteiger partial charge in [-0.25, -0.2) is 0 Å². The molecule has 0 aliphatic carbocycles. The molecule has 2 nitrogen and oxygen atoms in total. The summed E-state index contributed by atoms with van der Waals surface area (Å²) in [6.45, 7) is 5.47. The Balaban J connectivity index is 2.64. The number of halogens is 3. The maximum Gasteiger partial charge on any atom is 0.471 e. The summed E-state index contributed by atoms with van der Waals surface area (Å²) in [6, 6.07) is 11.4. The van der Waals surface area contributed by atoms with Gasteiger partial charge in [-0.3, -0.25) is 9.69 Å². The van der Waals surface area contributed by atoms with Crippen molar-refractivity contribution in [1.82, 2.24) is 0 Å². The number of carbonyl (C=O) groups is 1. The summed E-state index contributed by atoms with van der Waals surface area (Å²) < 4.78 is 39.3. The second-order valence-corrected chi connectivity index (χ2v) is 5.26. The van der Waals surface area contributed by atoms with Crippen molar-refractivity contribution in [3.8, 4) is 0 Å². The number of alkyl halides is 3. The molecule has 23 heavy (non-hydrogen) atoms. The molecule has 0 aromatic heterocycles. The summed E-state index contributed by atoms with van der Waals surface area (Å²) in [7, 11) is 0. The zero-order valence-electron chi connectivity index (χ0n) is 12.8. The van der Waals surface area contributed by atoms with E-state index in [2.05, 4.69) is 6.58 Å². The van der Waals surface area contributed by atoms with Crippen LogP contribution >= 0.6 is 0 Å². The third-order valence-corrected chi connectivity index (χ3v) is 3.68. The molecule has 0 aliphatic heterocycles. The number of carbonyl (C=O) groups excluding carboxylic acids is 1. The third-order valence-electron chi connectivity index (χ3n) is 3.68. The lowest BCUT2D eigenvalue weighted by Gasteiger charge is -2.31. The van der Waals surface area contributed by atoms with Crippen LogP contribution < -0.4 is 4.90 Å². The summed E-state index contributed by atoms with van der Waals surface area (Å²) in [5, 5.41) is 1.39. The lowest BCUT2D eigenvalue weighted by atomic mass is 10.0. The first kappa shape index (κ1) is 17.1. The molecular weight excluding hydrogens is 303 g/mol. The first-order valence-corrected chi connectivity index (χ1v) is 7.40. The van der Waals surface area contributed by atoms with E-state index in [4.69, 9.17) is 0 Å². The minimum Gasteiger partial charge on any atom is -0.297 e. The first-order valence-electron chi connectivity index (χ1n) is 7.40. The van der Waals surface area contributed by atoms with Crippen LogP contribution in [0.15, 0.2) is 55.1 Å². The summed E-state index contributed by atoms with van der Waals surface area (Å²) in [6.07, 6.45) is -2.49. The predicted molar refractivity (Wildman–Crippen MR) is 86.4 cm³/mol. The van der Waals surface area contributed by atoms with Crippen molar-refractivity contribution in [3.05, 3.63) is 55.1 Å². The van der Waals surface area contributed by atoms with Crippen LogP contribution in [0.3, 0.4) is 0 Å². The Hall–Kier alpha value is -2.30. The molecule has 0 aliphatic rings. The second kappa shape index (κ2) is 6.86. The maximum atomic E-state index is 13.1. The molecule has 0 spiro atoms. The van der Waals surface area contributed by atoms with Gasteiger partial charge in [-0.1, -0.05) is 55.8 Å². The van der Waals surface area contributed by atoms with E-state index in [0.717, 1.165) is 10.3 Å². The van der Waals surface area contributed by atoms with E-state index < -0.39 is 18.1 Å². The van der Waals surface area contributed by atoms with Crippen LogP contribution in [0, 0.1) is 0 Å². The molecule has 0 bridgehead atoms. The molecule has 0 unspecified atom stereocenters. The van der Waals surface area contributed by atoms with Crippen LogP contribution in [0.5, 0.6) is 0 Å². The van der Waals surface area contributed by atoms with Crippen LogP contribution in [0.2, 0.25) is 0 Å². The molecule has 0 saturated carbocycles. The Morgan fingerprint density at radius 2 is 1.87 bits per heavy atom. The summed E-state index contributed by atoms with van der Waals surface area (Å²) >= 11 is 0. The Morgan fingerprint density at radius 1 is 1.22 bits per heavy atom. The predicted octanol–water partition coefficient (Wildman–Crippen LogP) is 5.09. The van der Waals surface area contributed by atoms with E-state index in [1.54, 1.807) is 36.4 Å². The molecule has 5 heteroatoms. The Labute approximate surface area is 133 Å². The molecule has 1 amide bonds. The lowest BCUT2D eigenvalue weighted by molar-refractivity contribution is -0.170. The highest BCUT2D eigenvalue weighted by Crippen LogP contribution is 2.33. The fourth-order valence-electron chi connectivity index (χ4n) is 2.64. The first-order chi connectivity index (χ1) is 10.9. The lowest BCUT2D eigenvalue weighted by Crippen LogP contribution is -2.46. The smallest absolute Gasteiger partial charge is 0.297 e. The van der Waals surface area contributed by atoms with Crippen molar-refractivity contribution in [2.45, 2.75) is 32.0 Å². The maximum absolute atomic E-state index is 13.1. The van der Waals surface area contributed by atoms with Crippen molar-refractivity contribution in [1.29, 1.82) is 0 Å². The van der Waals surface area contributed by atoms with Crippen molar-refractivity contribution < 1.29 is 18.0 Å². The summed E-state index contributed by atoms with van der Waals surface area (Å²) in [4.78, 5) is 12.9. The van der Waals surface area contributed by atoms with E-state index in [0.29, 0.717) is 18.2 Å². The number of hydrogen-bond acceptors (Lipinski definition) is 1. The number of nitrogens with zero attached hydrogens (tertiary/aromatic N) is 1. The normalized spacial score (nSPS) is 12.9. The number of hydrogen-bond donors (Lipinski definition) is 0.